The average Bonchev–Trinajstić information content (AvgIpc) is 1.86. The molecule has 11 heavy (non-hydrogen) atoms. The van der Waals surface area contributed by atoms with E-state index in [9.17, 15) is 10.2 Å². The van der Waals surface area contributed by atoms with Gasteiger partial charge in [0.25, 0.3) is 0 Å². The standard InChI is InChI=1S/C8H18O3/c1-4-5-8(3,11)7(10)6(2)9/h6-7,9-11H,4-5H2,1-3H3. The van der Waals surface area contributed by atoms with E-state index in [4.69, 9.17) is 5.11 Å². The van der Waals surface area contributed by atoms with Crippen molar-refractivity contribution in [3.05, 3.63) is 0 Å². The molecular formula is C8H18O3. The first-order valence-electron chi connectivity index (χ1n) is 4.00. The fraction of sp³-hybridized carbons (Fsp3) is 1.00. The summed E-state index contributed by atoms with van der Waals surface area (Å²) in [5.74, 6) is 0. The Morgan fingerprint density at radius 1 is 1.36 bits per heavy atom. The molecule has 0 aliphatic heterocycles. The van der Waals surface area contributed by atoms with Crippen molar-refractivity contribution in [2.24, 2.45) is 0 Å². The molecule has 0 bridgehead atoms. The van der Waals surface area contributed by atoms with Crippen molar-refractivity contribution in [1.82, 2.24) is 0 Å². The summed E-state index contributed by atoms with van der Waals surface area (Å²) in [5, 5.41) is 27.8. The molecule has 0 fully saturated rings. The van der Waals surface area contributed by atoms with Crippen LogP contribution in [0.2, 0.25) is 0 Å². The first-order valence-corrected chi connectivity index (χ1v) is 4.00. The molecule has 3 N–H and O–H groups in total. The molecule has 0 radical (unpaired) electrons. The number of aliphatic hydroxyl groups is 3. The van der Waals surface area contributed by atoms with E-state index < -0.39 is 17.8 Å². The van der Waals surface area contributed by atoms with E-state index in [0.29, 0.717) is 6.42 Å². The molecule has 0 aromatic carbocycles. The van der Waals surface area contributed by atoms with Gasteiger partial charge in [-0.2, -0.15) is 0 Å². The van der Waals surface area contributed by atoms with Crippen LogP contribution in [0.4, 0.5) is 0 Å². The SMILES string of the molecule is CCCC(C)(O)C(O)C(C)O. The van der Waals surface area contributed by atoms with Gasteiger partial charge in [0.1, 0.15) is 6.10 Å². The zero-order valence-electron chi connectivity index (χ0n) is 7.41. The lowest BCUT2D eigenvalue weighted by Crippen LogP contribution is -2.45. The summed E-state index contributed by atoms with van der Waals surface area (Å²) < 4.78 is 0. The molecule has 0 heterocycles. The Balaban J connectivity index is 4.05. The van der Waals surface area contributed by atoms with Crippen LogP contribution in [0.25, 0.3) is 0 Å². The van der Waals surface area contributed by atoms with Gasteiger partial charge < -0.3 is 15.3 Å². The number of rotatable bonds is 4. The molecular weight excluding hydrogens is 144 g/mol. The lowest BCUT2D eigenvalue weighted by atomic mass is 9.91. The minimum Gasteiger partial charge on any atom is -0.391 e. The Morgan fingerprint density at radius 3 is 2.09 bits per heavy atom. The van der Waals surface area contributed by atoms with Crippen molar-refractivity contribution in [1.29, 1.82) is 0 Å². The molecule has 3 nitrogen and oxygen atoms in total. The third kappa shape index (κ3) is 3.18. The molecule has 0 amide bonds. The van der Waals surface area contributed by atoms with Gasteiger partial charge >= 0.3 is 0 Å². The summed E-state index contributed by atoms with van der Waals surface area (Å²) in [7, 11) is 0. The first kappa shape index (κ1) is 10.9. The summed E-state index contributed by atoms with van der Waals surface area (Å²) in [6, 6.07) is 0. The molecule has 0 saturated heterocycles. The Hall–Kier alpha value is -0.120. The fourth-order valence-corrected chi connectivity index (χ4v) is 1.17. The van der Waals surface area contributed by atoms with Crippen molar-refractivity contribution < 1.29 is 15.3 Å². The Morgan fingerprint density at radius 2 is 1.82 bits per heavy atom. The molecule has 0 spiro atoms. The highest BCUT2D eigenvalue weighted by Gasteiger charge is 2.32. The van der Waals surface area contributed by atoms with E-state index in [2.05, 4.69) is 0 Å². The predicted molar refractivity (Wildman–Crippen MR) is 43.2 cm³/mol. The second-order valence-corrected chi connectivity index (χ2v) is 3.29. The van der Waals surface area contributed by atoms with Gasteiger partial charge in [-0.3, -0.25) is 0 Å². The molecule has 3 atom stereocenters. The Kier molecular flexibility index (Phi) is 4.00. The van der Waals surface area contributed by atoms with Gasteiger partial charge in [-0.1, -0.05) is 13.3 Å². The summed E-state index contributed by atoms with van der Waals surface area (Å²) >= 11 is 0. The van der Waals surface area contributed by atoms with E-state index in [1.807, 2.05) is 6.92 Å². The van der Waals surface area contributed by atoms with Crippen molar-refractivity contribution in [3.8, 4) is 0 Å². The first-order chi connectivity index (χ1) is 4.91. The van der Waals surface area contributed by atoms with E-state index in [0.717, 1.165) is 6.42 Å². The van der Waals surface area contributed by atoms with Gasteiger partial charge in [-0.15, -0.1) is 0 Å². The van der Waals surface area contributed by atoms with Crippen LogP contribution >= 0.6 is 0 Å². The molecule has 0 aromatic heterocycles. The van der Waals surface area contributed by atoms with E-state index >= 15 is 0 Å². The zero-order valence-corrected chi connectivity index (χ0v) is 7.41. The normalized spacial score (nSPS) is 22.4. The molecule has 3 unspecified atom stereocenters. The molecule has 68 valence electrons. The molecule has 0 aliphatic rings. The molecule has 0 aromatic rings. The van der Waals surface area contributed by atoms with Crippen molar-refractivity contribution in [3.63, 3.8) is 0 Å². The second kappa shape index (κ2) is 4.04. The molecule has 0 rings (SSSR count). The summed E-state index contributed by atoms with van der Waals surface area (Å²) in [4.78, 5) is 0. The van der Waals surface area contributed by atoms with Crippen LogP contribution in [0.15, 0.2) is 0 Å². The summed E-state index contributed by atoms with van der Waals surface area (Å²) in [6.45, 7) is 4.92. The van der Waals surface area contributed by atoms with E-state index in [1.165, 1.54) is 13.8 Å². The van der Waals surface area contributed by atoms with Gasteiger partial charge in [0.15, 0.2) is 0 Å². The van der Waals surface area contributed by atoms with Crippen LogP contribution in [0.1, 0.15) is 33.6 Å². The third-order valence-corrected chi connectivity index (χ3v) is 1.85. The topological polar surface area (TPSA) is 60.7 Å². The maximum Gasteiger partial charge on any atom is 0.108 e. The lowest BCUT2D eigenvalue weighted by Gasteiger charge is -2.30. The van der Waals surface area contributed by atoms with Gasteiger partial charge in [-0.25, -0.2) is 0 Å². The third-order valence-electron chi connectivity index (χ3n) is 1.85. The van der Waals surface area contributed by atoms with Crippen molar-refractivity contribution in [2.75, 3.05) is 0 Å². The molecule has 3 heteroatoms. The van der Waals surface area contributed by atoms with Crippen LogP contribution in [0.5, 0.6) is 0 Å². The van der Waals surface area contributed by atoms with Gasteiger partial charge in [0, 0.05) is 0 Å². The van der Waals surface area contributed by atoms with Gasteiger partial charge in [-0.05, 0) is 20.3 Å². The smallest absolute Gasteiger partial charge is 0.108 e. The molecule has 0 aliphatic carbocycles. The largest absolute Gasteiger partial charge is 0.391 e. The van der Waals surface area contributed by atoms with Gasteiger partial charge in [0.2, 0.25) is 0 Å². The number of aliphatic hydroxyl groups excluding tert-OH is 2. The average molecular weight is 162 g/mol. The Labute approximate surface area is 67.7 Å². The zero-order chi connectivity index (χ0) is 9.07. The van der Waals surface area contributed by atoms with Crippen LogP contribution in [0.3, 0.4) is 0 Å². The summed E-state index contributed by atoms with van der Waals surface area (Å²) in [6.07, 6.45) is -0.644. The fourth-order valence-electron chi connectivity index (χ4n) is 1.17. The van der Waals surface area contributed by atoms with Crippen LogP contribution in [-0.4, -0.2) is 33.1 Å². The highest BCUT2D eigenvalue weighted by atomic mass is 16.4. The van der Waals surface area contributed by atoms with Gasteiger partial charge in [0.05, 0.1) is 11.7 Å². The summed E-state index contributed by atoms with van der Waals surface area (Å²) in [5.41, 5.74) is -1.16. The Bertz CT molecular complexity index is 110. The highest BCUT2D eigenvalue weighted by Crippen LogP contribution is 2.18. The quantitative estimate of drug-likeness (QED) is 0.556. The van der Waals surface area contributed by atoms with Crippen LogP contribution in [-0.2, 0) is 0 Å². The number of hydrogen-bond acceptors (Lipinski definition) is 3. The van der Waals surface area contributed by atoms with E-state index in [1.54, 1.807) is 0 Å². The van der Waals surface area contributed by atoms with Crippen LogP contribution < -0.4 is 0 Å². The monoisotopic (exact) mass is 162 g/mol. The van der Waals surface area contributed by atoms with Crippen molar-refractivity contribution >= 4 is 0 Å². The predicted octanol–water partition coefficient (Wildman–Crippen LogP) is 0.279. The van der Waals surface area contributed by atoms with Crippen LogP contribution in [0, 0.1) is 0 Å². The number of hydrogen-bond donors (Lipinski definition) is 3. The van der Waals surface area contributed by atoms with Crippen molar-refractivity contribution in [2.45, 2.75) is 51.4 Å². The maximum absolute atomic E-state index is 9.54. The minimum atomic E-state index is -1.16. The molecule has 0 saturated carbocycles. The maximum atomic E-state index is 9.54. The van der Waals surface area contributed by atoms with E-state index in [-0.39, 0.29) is 0 Å². The minimum absolute atomic E-state index is 0.499. The second-order valence-electron chi connectivity index (χ2n) is 3.29. The highest BCUT2D eigenvalue weighted by molar-refractivity contribution is 4.84. The lowest BCUT2D eigenvalue weighted by molar-refractivity contribution is -0.114.